The van der Waals surface area contributed by atoms with E-state index in [1.807, 2.05) is 12.2 Å². The molecule has 0 bridgehead atoms. The van der Waals surface area contributed by atoms with E-state index in [1.54, 1.807) is 0 Å². The summed E-state index contributed by atoms with van der Waals surface area (Å²) < 4.78 is 10.6. The van der Waals surface area contributed by atoms with Gasteiger partial charge >= 0.3 is 11.9 Å². The smallest absolute Gasteiger partial charge is 0.306 e. The lowest BCUT2D eigenvalue weighted by molar-refractivity contribution is -0.161. The number of rotatable bonds is 45. The summed E-state index contributed by atoms with van der Waals surface area (Å²) in [4.78, 5) is 24.3. The third kappa shape index (κ3) is 52.1. The summed E-state index contributed by atoms with van der Waals surface area (Å²) in [6.45, 7) is 3.82. The topological polar surface area (TPSA) is 72.8 Å². The molecule has 368 valence electrons. The molecule has 1 unspecified atom stereocenters. The number of carbonyl (C=O) groups excluding carboxylic acids is 2. The number of hydrogen-bond acceptors (Lipinski definition) is 5. The first-order chi connectivity index (χ1) is 32.6. The Morgan fingerprint density at radius 3 is 0.970 bits per heavy atom. The van der Waals surface area contributed by atoms with Crippen molar-refractivity contribution >= 4 is 11.9 Å². The largest absolute Gasteiger partial charge is 0.462 e. The van der Waals surface area contributed by atoms with Crippen molar-refractivity contribution in [1.29, 1.82) is 0 Å². The summed E-state index contributed by atoms with van der Waals surface area (Å²) in [5.41, 5.74) is 0. The first-order valence-electron chi connectivity index (χ1n) is 26.0. The fourth-order valence-corrected chi connectivity index (χ4v) is 6.50. The molecule has 0 aliphatic rings. The van der Waals surface area contributed by atoms with E-state index in [0.717, 1.165) is 103 Å². The molecule has 0 aromatic heterocycles. The Hall–Kier alpha value is -4.48. The normalized spacial score (nSPS) is 13.6. The van der Waals surface area contributed by atoms with Crippen LogP contribution in [0.5, 0.6) is 0 Å². The minimum absolute atomic E-state index is 0.114. The van der Waals surface area contributed by atoms with Gasteiger partial charge in [-0.2, -0.15) is 0 Å². The van der Waals surface area contributed by atoms with Gasteiger partial charge in [-0.25, -0.2) is 0 Å². The second-order valence-corrected chi connectivity index (χ2v) is 16.5. The van der Waals surface area contributed by atoms with Crippen molar-refractivity contribution in [2.24, 2.45) is 0 Å². The SMILES string of the molecule is CC/C=C\C/C=C\C/C=C\C/C=C\C/C=C\C/C=C\C/C=C\C/C=C\C/C=C\CCCCCCCCCCCCCC(=O)OC(CO)COC(=O)CC/C=C\C/C=C\C/C=C\C/C=C\CC. The van der Waals surface area contributed by atoms with E-state index in [2.05, 4.69) is 160 Å². The zero-order chi connectivity index (χ0) is 47.7. The van der Waals surface area contributed by atoms with Crippen LogP contribution in [0.25, 0.3) is 0 Å². The Morgan fingerprint density at radius 1 is 0.348 bits per heavy atom. The van der Waals surface area contributed by atoms with Crippen LogP contribution >= 0.6 is 0 Å². The predicted molar refractivity (Wildman–Crippen MR) is 287 cm³/mol. The van der Waals surface area contributed by atoms with E-state index in [4.69, 9.17) is 9.47 Å². The molecule has 0 spiro atoms. The maximum absolute atomic E-state index is 12.2. The fourth-order valence-electron chi connectivity index (χ4n) is 6.50. The van der Waals surface area contributed by atoms with Crippen LogP contribution in [-0.4, -0.2) is 36.4 Å². The number of aliphatic hydroxyl groups is 1. The third-order valence-electron chi connectivity index (χ3n) is 10.3. The molecule has 5 heteroatoms. The summed E-state index contributed by atoms with van der Waals surface area (Å²) in [7, 11) is 0. The Labute approximate surface area is 405 Å². The van der Waals surface area contributed by atoms with Gasteiger partial charge in [0.2, 0.25) is 0 Å². The number of ether oxygens (including phenoxy) is 2. The second-order valence-electron chi connectivity index (χ2n) is 16.5. The lowest BCUT2D eigenvalue weighted by atomic mass is 10.0. The van der Waals surface area contributed by atoms with E-state index in [1.165, 1.54) is 57.8 Å². The van der Waals surface area contributed by atoms with Crippen molar-refractivity contribution in [2.45, 2.75) is 200 Å². The Bertz CT molecular complexity index is 1490. The molecule has 0 saturated carbocycles. The minimum atomic E-state index is -0.813. The van der Waals surface area contributed by atoms with Crippen LogP contribution in [-0.2, 0) is 19.1 Å². The van der Waals surface area contributed by atoms with Crippen LogP contribution < -0.4 is 0 Å². The molecule has 66 heavy (non-hydrogen) atoms. The van der Waals surface area contributed by atoms with E-state index < -0.39 is 6.10 Å². The van der Waals surface area contributed by atoms with Crippen LogP contribution in [0.15, 0.2) is 158 Å². The van der Waals surface area contributed by atoms with Crippen molar-refractivity contribution in [3.63, 3.8) is 0 Å². The van der Waals surface area contributed by atoms with Gasteiger partial charge < -0.3 is 14.6 Å². The Balaban J connectivity index is 3.62. The van der Waals surface area contributed by atoms with Gasteiger partial charge in [-0.3, -0.25) is 9.59 Å². The van der Waals surface area contributed by atoms with Crippen molar-refractivity contribution in [3.8, 4) is 0 Å². The standard InChI is InChI=1S/C61H94O5/c1-3-5-7-9-11-13-15-17-18-19-20-21-22-23-24-25-26-27-28-29-30-31-32-33-34-35-36-37-38-39-40-41-42-44-46-48-50-52-54-56-61(64)66-59(57-62)58-65-60(63)55-53-51-49-47-45-43-16-14-12-10-8-6-4-2/h5-8,11-14,17-18,20-21,23-24,26-27,29-30,32-33,35-36,43,45,49,51,59,62H,3-4,9-10,15-16,19,22,25,28,31,34,37-42,44,46-48,50,52-58H2,1-2H3/b7-5-,8-6-,13-11-,14-12-,18-17-,21-20-,24-23-,27-26-,30-29-,33-32-,36-35-,45-43-,51-49-. The van der Waals surface area contributed by atoms with E-state index in [-0.39, 0.29) is 31.6 Å². The van der Waals surface area contributed by atoms with Gasteiger partial charge in [0.15, 0.2) is 6.10 Å². The van der Waals surface area contributed by atoms with Crippen LogP contribution in [0.2, 0.25) is 0 Å². The molecule has 0 radical (unpaired) electrons. The van der Waals surface area contributed by atoms with Crippen LogP contribution in [0.3, 0.4) is 0 Å². The van der Waals surface area contributed by atoms with Crippen molar-refractivity contribution in [3.05, 3.63) is 158 Å². The maximum atomic E-state index is 12.2. The molecule has 0 aliphatic carbocycles. The van der Waals surface area contributed by atoms with E-state index >= 15 is 0 Å². The zero-order valence-electron chi connectivity index (χ0n) is 41.9. The van der Waals surface area contributed by atoms with E-state index in [0.29, 0.717) is 12.8 Å². The molecule has 0 saturated heterocycles. The molecular formula is C61H94O5. The minimum Gasteiger partial charge on any atom is -0.462 e. The van der Waals surface area contributed by atoms with Gasteiger partial charge in [-0.1, -0.05) is 230 Å². The number of hydrogen-bond donors (Lipinski definition) is 1. The molecular weight excluding hydrogens is 813 g/mol. The summed E-state index contributed by atoms with van der Waals surface area (Å²) in [5, 5.41) is 9.59. The number of esters is 2. The number of aliphatic hydroxyl groups excluding tert-OH is 1. The average molecular weight is 907 g/mol. The Kier molecular flexibility index (Phi) is 51.1. The number of unbranched alkanes of at least 4 members (excludes halogenated alkanes) is 11. The molecule has 0 heterocycles. The molecule has 1 N–H and O–H groups in total. The van der Waals surface area contributed by atoms with Crippen LogP contribution in [0, 0.1) is 0 Å². The molecule has 0 aliphatic heterocycles. The molecule has 1 atom stereocenters. The molecule has 0 aromatic rings. The van der Waals surface area contributed by atoms with Crippen molar-refractivity contribution in [2.75, 3.05) is 13.2 Å². The number of allylic oxidation sites excluding steroid dienone is 26. The molecule has 0 aromatic carbocycles. The van der Waals surface area contributed by atoms with Crippen LogP contribution in [0.4, 0.5) is 0 Å². The first-order valence-corrected chi connectivity index (χ1v) is 26.0. The van der Waals surface area contributed by atoms with Gasteiger partial charge in [0.25, 0.3) is 0 Å². The third-order valence-corrected chi connectivity index (χ3v) is 10.3. The fraction of sp³-hybridized carbons (Fsp3) is 0.541. The molecule has 0 amide bonds. The highest BCUT2D eigenvalue weighted by atomic mass is 16.6. The highest BCUT2D eigenvalue weighted by Crippen LogP contribution is 2.13. The highest BCUT2D eigenvalue weighted by Gasteiger charge is 2.16. The molecule has 0 rings (SSSR count). The van der Waals surface area contributed by atoms with Gasteiger partial charge in [0, 0.05) is 12.8 Å². The summed E-state index contributed by atoms with van der Waals surface area (Å²) in [6, 6.07) is 0. The Morgan fingerprint density at radius 2 is 0.636 bits per heavy atom. The summed E-state index contributed by atoms with van der Waals surface area (Å²) in [6.07, 6.45) is 85.1. The summed E-state index contributed by atoms with van der Waals surface area (Å²) in [5.74, 6) is -0.701. The zero-order valence-corrected chi connectivity index (χ0v) is 41.9. The lowest BCUT2D eigenvalue weighted by Gasteiger charge is -2.15. The summed E-state index contributed by atoms with van der Waals surface area (Å²) >= 11 is 0. The van der Waals surface area contributed by atoms with Crippen LogP contribution in [0.1, 0.15) is 194 Å². The van der Waals surface area contributed by atoms with Gasteiger partial charge in [0.1, 0.15) is 6.61 Å². The monoisotopic (exact) mass is 907 g/mol. The average Bonchev–Trinajstić information content (AvgIpc) is 3.32. The lowest BCUT2D eigenvalue weighted by Crippen LogP contribution is -2.28. The number of carbonyl (C=O) groups is 2. The quantitative estimate of drug-likeness (QED) is 0.0374. The first kappa shape index (κ1) is 61.5. The molecule has 5 nitrogen and oxygen atoms in total. The van der Waals surface area contributed by atoms with Gasteiger partial charge in [0.05, 0.1) is 6.61 Å². The van der Waals surface area contributed by atoms with Gasteiger partial charge in [-0.05, 0) is 109 Å². The second kappa shape index (κ2) is 54.9. The maximum Gasteiger partial charge on any atom is 0.306 e. The van der Waals surface area contributed by atoms with Gasteiger partial charge in [-0.15, -0.1) is 0 Å². The van der Waals surface area contributed by atoms with Crippen molar-refractivity contribution < 1.29 is 24.2 Å². The predicted octanol–water partition coefficient (Wildman–Crippen LogP) is 17.6. The molecule has 0 fully saturated rings. The highest BCUT2D eigenvalue weighted by molar-refractivity contribution is 5.70. The van der Waals surface area contributed by atoms with E-state index in [9.17, 15) is 14.7 Å². The van der Waals surface area contributed by atoms with Crippen molar-refractivity contribution in [1.82, 2.24) is 0 Å².